The lowest BCUT2D eigenvalue weighted by atomic mass is 9.88. The second-order valence-corrected chi connectivity index (χ2v) is 22.1. The van der Waals surface area contributed by atoms with E-state index in [0.29, 0.717) is 58.0 Å². The van der Waals surface area contributed by atoms with E-state index in [-0.39, 0.29) is 35.4 Å². The standard InChI is InChI=1S/C41H52N6O3S.C17H19N3O2S/c1-9-35-39-46-45-29(5)47(39)40-37(26(2)27(3)51-40)38(44-35)33-15-12-30(13-16-33)11-10-19-49-21-22-50-20-18-32-23-31(24-34(42)25-32)14-17-36(48)43-28(4)41(6,7)8;1-12-16(23-10-19-12)14-6-4-13(5-7-14)9-18-17(22)15-3-2-8-20(15)11-21/h12-13,15-16,23-25,28,35H,9,14,17-22,42H2,1-8H3,(H,43,48);4-7,10-11,15H,2-3,8-9H2,1H3,(H,18,22)/t28-,35+;15-/m10/s1. The number of thiazole rings is 1. The number of thiophene rings is 1. The van der Waals surface area contributed by atoms with E-state index < -0.39 is 0 Å². The number of hydrogen-bond acceptors (Lipinski definition) is 12. The van der Waals surface area contributed by atoms with Crippen LogP contribution in [-0.4, -0.2) is 93.6 Å². The van der Waals surface area contributed by atoms with E-state index in [9.17, 15) is 14.4 Å². The van der Waals surface area contributed by atoms with E-state index in [4.69, 9.17) is 20.2 Å². The van der Waals surface area contributed by atoms with Gasteiger partial charge < -0.3 is 30.7 Å². The highest BCUT2D eigenvalue weighted by Crippen LogP contribution is 2.39. The molecule has 3 aromatic carbocycles. The van der Waals surface area contributed by atoms with Gasteiger partial charge in [0.05, 0.1) is 41.6 Å². The first-order valence-corrected chi connectivity index (χ1v) is 27.2. The van der Waals surface area contributed by atoms with E-state index in [1.165, 1.54) is 15.3 Å². The molecule has 3 aromatic heterocycles. The number of aromatic nitrogens is 4. The van der Waals surface area contributed by atoms with E-state index in [1.807, 2.05) is 62.7 Å². The molecule has 3 atom stereocenters. The first-order valence-electron chi connectivity index (χ1n) is 25.6. The van der Waals surface area contributed by atoms with Gasteiger partial charge >= 0.3 is 0 Å². The maximum absolute atomic E-state index is 12.4. The van der Waals surface area contributed by atoms with Crippen LogP contribution >= 0.6 is 22.7 Å². The number of nitrogens with one attached hydrogen (secondary N) is 2. The highest BCUT2D eigenvalue weighted by molar-refractivity contribution is 7.15. The number of aryl methyl sites for hydroxylation is 4. The average molecular weight is 1040 g/mol. The van der Waals surface area contributed by atoms with Crippen LogP contribution in [0.25, 0.3) is 15.4 Å². The Kier molecular flexibility index (Phi) is 19.1. The first kappa shape index (κ1) is 55.2. The molecule has 8 rings (SSSR count). The molecule has 4 N–H and O–H groups in total. The molecule has 0 bridgehead atoms. The zero-order valence-electron chi connectivity index (χ0n) is 44.3. The van der Waals surface area contributed by atoms with E-state index in [1.54, 1.807) is 27.6 Å². The molecular formula is C58H71N9O5S2. The number of likely N-dealkylation sites (tertiary alicyclic amines) is 1. The largest absolute Gasteiger partial charge is 0.399 e. The lowest BCUT2D eigenvalue weighted by Crippen LogP contribution is -2.42. The van der Waals surface area contributed by atoms with Crippen LogP contribution < -0.4 is 16.4 Å². The molecule has 5 heterocycles. The predicted molar refractivity (Wildman–Crippen MR) is 297 cm³/mol. The predicted octanol–water partition coefficient (Wildman–Crippen LogP) is 9.60. The molecule has 2 aliphatic rings. The second kappa shape index (κ2) is 25.6. The van der Waals surface area contributed by atoms with Gasteiger partial charge in [-0.3, -0.25) is 23.9 Å². The Morgan fingerprint density at radius 1 is 0.932 bits per heavy atom. The Labute approximate surface area is 444 Å². The average Bonchev–Trinajstić information content (AvgIpc) is 4.18. The van der Waals surface area contributed by atoms with Gasteiger partial charge in [-0.2, -0.15) is 0 Å². The molecule has 3 amide bonds. The Bertz CT molecular complexity index is 2970. The third kappa shape index (κ3) is 14.2. The van der Waals surface area contributed by atoms with Crippen molar-refractivity contribution in [2.45, 2.75) is 126 Å². The molecule has 0 unspecified atom stereocenters. The van der Waals surface area contributed by atoms with Gasteiger partial charge in [-0.25, -0.2) is 4.98 Å². The normalized spacial score (nSPS) is 15.4. The van der Waals surface area contributed by atoms with Crippen molar-refractivity contribution in [2.24, 2.45) is 10.4 Å². The molecule has 74 heavy (non-hydrogen) atoms. The zero-order chi connectivity index (χ0) is 52.9. The minimum absolute atomic E-state index is 0.0240. The van der Waals surface area contributed by atoms with Crippen LogP contribution in [-0.2, 0) is 43.2 Å². The number of hydrogen-bond donors (Lipinski definition) is 3. The van der Waals surface area contributed by atoms with Crippen LogP contribution in [0.2, 0.25) is 0 Å². The van der Waals surface area contributed by atoms with Crippen molar-refractivity contribution in [1.82, 2.24) is 35.3 Å². The van der Waals surface area contributed by atoms with Gasteiger partial charge in [0.15, 0.2) is 5.82 Å². The van der Waals surface area contributed by atoms with Crippen molar-refractivity contribution in [3.05, 3.63) is 133 Å². The van der Waals surface area contributed by atoms with Gasteiger partial charge in [-0.1, -0.05) is 82.0 Å². The lowest BCUT2D eigenvalue weighted by molar-refractivity contribution is -0.131. The summed E-state index contributed by atoms with van der Waals surface area (Å²) < 4.78 is 13.7. The number of fused-ring (bicyclic) bond motifs is 3. The van der Waals surface area contributed by atoms with E-state index in [2.05, 4.69) is 114 Å². The molecule has 0 radical (unpaired) electrons. The summed E-state index contributed by atoms with van der Waals surface area (Å²) in [5, 5.41) is 16.1. The van der Waals surface area contributed by atoms with Crippen LogP contribution in [0.3, 0.4) is 0 Å². The molecule has 0 spiro atoms. The summed E-state index contributed by atoms with van der Waals surface area (Å²) >= 11 is 3.40. The van der Waals surface area contributed by atoms with Crippen molar-refractivity contribution in [3.8, 4) is 27.3 Å². The minimum Gasteiger partial charge on any atom is -0.399 e. The summed E-state index contributed by atoms with van der Waals surface area (Å²) in [5.41, 5.74) is 19.5. The fourth-order valence-electron chi connectivity index (χ4n) is 8.77. The monoisotopic (exact) mass is 1040 g/mol. The summed E-state index contributed by atoms with van der Waals surface area (Å²) in [6.45, 7) is 21.9. The molecule has 2 aliphatic heterocycles. The van der Waals surface area contributed by atoms with Gasteiger partial charge in [0.25, 0.3) is 0 Å². The summed E-state index contributed by atoms with van der Waals surface area (Å²) in [7, 11) is 0. The number of amides is 3. The number of benzene rings is 3. The number of nitrogens with zero attached hydrogens (tertiary/aromatic N) is 6. The molecule has 14 nitrogen and oxygen atoms in total. The molecule has 1 saturated heterocycles. The van der Waals surface area contributed by atoms with Crippen molar-refractivity contribution in [2.75, 3.05) is 38.7 Å². The van der Waals surface area contributed by atoms with Gasteiger partial charge in [0, 0.05) is 52.8 Å². The van der Waals surface area contributed by atoms with Crippen molar-refractivity contribution in [3.63, 3.8) is 0 Å². The van der Waals surface area contributed by atoms with Crippen LogP contribution in [0.1, 0.15) is 128 Å². The number of rotatable bonds is 18. The van der Waals surface area contributed by atoms with Crippen molar-refractivity contribution in [1.29, 1.82) is 0 Å². The Balaban J connectivity index is 0.000000288. The fourth-order valence-corrected chi connectivity index (χ4v) is 10.8. The number of aliphatic imine (C=N–C) groups is 1. The van der Waals surface area contributed by atoms with Crippen LogP contribution in [0.5, 0.6) is 0 Å². The summed E-state index contributed by atoms with van der Waals surface area (Å²) in [4.78, 5) is 49.0. The van der Waals surface area contributed by atoms with Gasteiger partial charge in [0.1, 0.15) is 29.5 Å². The number of carbonyl (C=O) groups is 3. The number of anilines is 1. The van der Waals surface area contributed by atoms with Crippen LogP contribution in [0, 0.1) is 45.0 Å². The number of carbonyl (C=O) groups excluding carboxylic acids is 3. The second-order valence-electron chi connectivity index (χ2n) is 20.0. The molecule has 1 fully saturated rings. The Morgan fingerprint density at radius 2 is 1.65 bits per heavy atom. The smallest absolute Gasteiger partial charge is 0.243 e. The number of ether oxygens (including phenoxy) is 2. The zero-order valence-corrected chi connectivity index (χ0v) is 46.0. The highest BCUT2D eigenvalue weighted by Gasteiger charge is 2.31. The molecule has 0 aliphatic carbocycles. The summed E-state index contributed by atoms with van der Waals surface area (Å²) in [6, 6.07) is 22.2. The SMILES string of the molecule is CC[C@@H]1N=C(c2ccc(C#CCOCCOCCc3cc(N)cc(CCC(=O)N[C@H](C)C(C)(C)C)c3)cc2)c2c(sc(C)c2C)-n2c(C)nnc21.Cc1ncsc1-c1ccc(CNC(=O)[C@@H]2CCCN2C=O)cc1. The van der Waals surface area contributed by atoms with Crippen molar-refractivity contribution < 1.29 is 23.9 Å². The van der Waals surface area contributed by atoms with E-state index in [0.717, 1.165) is 99.1 Å². The fraction of sp³-hybridized carbons (Fsp3) is 0.431. The molecule has 0 saturated carbocycles. The highest BCUT2D eigenvalue weighted by atomic mass is 32.1. The van der Waals surface area contributed by atoms with Crippen LogP contribution in [0.4, 0.5) is 5.69 Å². The molecule has 390 valence electrons. The third-order valence-corrected chi connectivity index (χ3v) is 15.8. The first-order chi connectivity index (χ1) is 35.5. The third-order valence-electron chi connectivity index (χ3n) is 13.7. The molecule has 6 aromatic rings. The quantitative estimate of drug-likeness (QED) is 0.0327. The van der Waals surface area contributed by atoms with Crippen LogP contribution in [0.15, 0.2) is 77.2 Å². The lowest BCUT2D eigenvalue weighted by Gasteiger charge is -2.28. The molecule has 16 heteroatoms. The Morgan fingerprint density at radius 3 is 2.34 bits per heavy atom. The van der Waals surface area contributed by atoms with E-state index >= 15 is 0 Å². The van der Waals surface area contributed by atoms with Gasteiger partial charge in [0.2, 0.25) is 18.2 Å². The summed E-state index contributed by atoms with van der Waals surface area (Å²) in [5.74, 6) is 8.10. The Hall–Kier alpha value is -6.51. The number of nitrogen functional groups attached to an aromatic ring is 1. The van der Waals surface area contributed by atoms with Gasteiger partial charge in [-0.05, 0) is 124 Å². The van der Waals surface area contributed by atoms with Crippen molar-refractivity contribution >= 4 is 52.3 Å². The summed E-state index contributed by atoms with van der Waals surface area (Å²) in [6.07, 6.45) is 5.06. The van der Waals surface area contributed by atoms with Gasteiger partial charge in [-0.15, -0.1) is 32.9 Å². The maximum Gasteiger partial charge on any atom is 0.243 e. The molecular weight excluding hydrogens is 967 g/mol. The maximum atomic E-state index is 12.4. The minimum atomic E-state index is -0.313. The number of nitrogens with two attached hydrogens (primary N) is 1. The topological polar surface area (TPSA) is 179 Å².